The Labute approximate surface area is 185 Å². The van der Waals surface area contributed by atoms with Crippen molar-refractivity contribution in [1.82, 2.24) is 10.3 Å². The maximum Gasteiger partial charge on any atom is 0.241 e. The van der Waals surface area contributed by atoms with Gasteiger partial charge in [-0.15, -0.1) is 0 Å². The van der Waals surface area contributed by atoms with Crippen molar-refractivity contribution < 1.29 is 9.90 Å². The molecule has 1 fully saturated rings. The monoisotopic (exact) mass is 423 g/mol. The van der Waals surface area contributed by atoms with Crippen molar-refractivity contribution in [2.75, 3.05) is 55.6 Å². The van der Waals surface area contributed by atoms with Crippen LogP contribution in [0.4, 0.5) is 11.4 Å². The van der Waals surface area contributed by atoms with Crippen LogP contribution in [0, 0.1) is 0 Å². The van der Waals surface area contributed by atoms with E-state index in [2.05, 4.69) is 63.3 Å². The highest BCUT2D eigenvalue weighted by molar-refractivity contribution is 5.86. The zero-order valence-electron chi connectivity index (χ0n) is 18.5. The van der Waals surface area contributed by atoms with E-state index in [1.165, 1.54) is 11.9 Å². The summed E-state index contributed by atoms with van der Waals surface area (Å²) in [7, 11) is 0. The Kier molecular flexibility index (Phi) is 8.29. The van der Waals surface area contributed by atoms with Crippen LogP contribution in [0.25, 0.3) is 0 Å². The Balaban J connectivity index is 1.40. The van der Waals surface area contributed by atoms with Crippen LogP contribution in [0.15, 0.2) is 53.6 Å². The number of nitrogens with zero attached hydrogens (tertiary/aromatic N) is 4. The van der Waals surface area contributed by atoms with E-state index in [9.17, 15) is 9.90 Å². The lowest BCUT2D eigenvalue weighted by Crippen LogP contribution is -2.47. The standard InChI is InChI=1S/C24H33N5O2/c1-3-28(4-2)22-11-10-20(23(30)18-22)19-25-26-24(31)12-13-27-14-16-29(17-15-27)21-8-6-5-7-9-21/h5-11,18-19,30H,3-4,12-17H2,1-2H3,(H,26,31)/b25-19+. The summed E-state index contributed by atoms with van der Waals surface area (Å²) in [6.07, 6.45) is 1.88. The molecule has 1 heterocycles. The van der Waals surface area contributed by atoms with Gasteiger partial charge < -0.3 is 14.9 Å². The molecule has 1 saturated heterocycles. The first-order chi connectivity index (χ1) is 15.1. The Bertz CT molecular complexity index is 860. The number of anilines is 2. The van der Waals surface area contributed by atoms with Crippen molar-refractivity contribution in [3.63, 3.8) is 0 Å². The van der Waals surface area contributed by atoms with E-state index < -0.39 is 0 Å². The van der Waals surface area contributed by atoms with Crippen molar-refractivity contribution in [2.45, 2.75) is 20.3 Å². The molecular weight excluding hydrogens is 390 g/mol. The molecule has 3 rings (SSSR count). The number of amides is 1. The number of hydrogen-bond donors (Lipinski definition) is 2. The fourth-order valence-corrected chi connectivity index (χ4v) is 3.78. The third-order valence-electron chi connectivity index (χ3n) is 5.68. The number of carbonyl (C=O) groups excluding carboxylic acids is 1. The van der Waals surface area contributed by atoms with Gasteiger partial charge in [0.15, 0.2) is 0 Å². The highest BCUT2D eigenvalue weighted by Gasteiger charge is 2.17. The van der Waals surface area contributed by atoms with Gasteiger partial charge in [-0.25, -0.2) is 5.43 Å². The smallest absolute Gasteiger partial charge is 0.241 e. The molecule has 0 saturated carbocycles. The number of piperazine rings is 1. The lowest BCUT2D eigenvalue weighted by atomic mass is 10.2. The predicted molar refractivity (Wildman–Crippen MR) is 127 cm³/mol. The van der Waals surface area contributed by atoms with E-state index in [1.807, 2.05) is 18.2 Å². The molecule has 7 nitrogen and oxygen atoms in total. The molecule has 0 radical (unpaired) electrons. The van der Waals surface area contributed by atoms with Crippen LogP contribution >= 0.6 is 0 Å². The zero-order valence-corrected chi connectivity index (χ0v) is 18.5. The summed E-state index contributed by atoms with van der Waals surface area (Å²) in [4.78, 5) is 19.0. The number of carbonyl (C=O) groups is 1. The number of para-hydroxylation sites is 1. The molecule has 7 heteroatoms. The molecule has 0 atom stereocenters. The molecule has 1 aliphatic rings. The number of phenols is 1. The Hall–Kier alpha value is -3.06. The van der Waals surface area contributed by atoms with Crippen molar-refractivity contribution in [2.24, 2.45) is 5.10 Å². The fraction of sp³-hybridized carbons (Fsp3) is 0.417. The van der Waals surface area contributed by atoms with E-state index in [4.69, 9.17) is 0 Å². The molecule has 1 amide bonds. The van der Waals surface area contributed by atoms with Gasteiger partial charge in [-0.1, -0.05) is 18.2 Å². The molecule has 0 bridgehead atoms. The van der Waals surface area contributed by atoms with Crippen LogP contribution < -0.4 is 15.2 Å². The Morgan fingerprint density at radius 2 is 1.81 bits per heavy atom. The van der Waals surface area contributed by atoms with E-state index >= 15 is 0 Å². The van der Waals surface area contributed by atoms with Crippen molar-refractivity contribution >= 4 is 23.5 Å². The predicted octanol–water partition coefficient (Wildman–Crippen LogP) is 2.90. The summed E-state index contributed by atoms with van der Waals surface area (Å²) in [5, 5.41) is 14.2. The van der Waals surface area contributed by atoms with Gasteiger partial charge in [0, 0.05) is 75.2 Å². The van der Waals surface area contributed by atoms with Gasteiger partial charge in [0.2, 0.25) is 5.91 Å². The summed E-state index contributed by atoms with van der Waals surface area (Å²) in [5.74, 6) is 0.0275. The van der Waals surface area contributed by atoms with Crippen molar-refractivity contribution in [1.29, 1.82) is 0 Å². The van der Waals surface area contributed by atoms with Gasteiger partial charge in [0.1, 0.15) is 5.75 Å². The largest absolute Gasteiger partial charge is 0.507 e. The number of aromatic hydroxyl groups is 1. The fourth-order valence-electron chi connectivity index (χ4n) is 3.78. The maximum absolute atomic E-state index is 12.1. The second-order valence-corrected chi connectivity index (χ2v) is 7.62. The zero-order chi connectivity index (χ0) is 22.1. The molecule has 1 aliphatic heterocycles. The number of phenolic OH excluding ortho intramolecular Hbond substituents is 1. The molecule has 0 aromatic heterocycles. The van der Waals surface area contributed by atoms with E-state index in [1.54, 1.807) is 6.07 Å². The number of nitrogens with one attached hydrogen (secondary N) is 1. The first-order valence-electron chi connectivity index (χ1n) is 11.0. The van der Waals surface area contributed by atoms with Crippen LogP contribution in [0.1, 0.15) is 25.8 Å². The van der Waals surface area contributed by atoms with Crippen molar-refractivity contribution in [3.8, 4) is 5.75 Å². The number of benzene rings is 2. The molecular formula is C24H33N5O2. The highest BCUT2D eigenvalue weighted by Crippen LogP contribution is 2.23. The van der Waals surface area contributed by atoms with Crippen LogP contribution in [-0.2, 0) is 4.79 Å². The van der Waals surface area contributed by atoms with E-state index in [-0.39, 0.29) is 11.7 Å². The quantitative estimate of drug-likeness (QED) is 0.479. The van der Waals surface area contributed by atoms with Crippen LogP contribution in [-0.4, -0.2) is 67.9 Å². The second-order valence-electron chi connectivity index (χ2n) is 7.62. The molecule has 31 heavy (non-hydrogen) atoms. The summed E-state index contributed by atoms with van der Waals surface area (Å²) >= 11 is 0. The third kappa shape index (κ3) is 6.46. The second kappa shape index (κ2) is 11.4. The van der Waals surface area contributed by atoms with Gasteiger partial charge in [0.05, 0.1) is 6.21 Å². The maximum atomic E-state index is 12.1. The van der Waals surface area contributed by atoms with Gasteiger partial charge >= 0.3 is 0 Å². The molecule has 2 aromatic carbocycles. The molecule has 2 aromatic rings. The normalized spacial score (nSPS) is 14.7. The summed E-state index contributed by atoms with van der Waals surface area (Å²) in [6, 6.07) is 15.9. The minimum absolute atomic E-state index is 0.124. The number of hydrogen-bond acceptors (Lipinski definition) is 6. The van der Waals surface area contributed by atoms with Gasteiger partial charge in [-0.2, -0.15) is 5.10 Å². The Morgan fingerprint density at radius 1 is 1.10 bits per heavy atom. The average molecular weight is 424 g/mol. The highest BCUT2D eigenvalue weighted by atomic mass is 16.3. The summed E-state index contributed by atoms with van der Waals surface area (Å²) in [6.45, 7) is 10.4. The minimum atomic E-state index is -0.124. The molecule has 0 aliphatic carbocycles. The lowest BCUT2D eigenvalue weighted by molar-refractivity contribution is -0.121. The average Bonchev–Trinajstić information content (AvgIpc) is 2.81. The van der Waals surface area contributed by atoms with E-state index in [0.29, 0.717) is 18.5 Å². The van der Waals surface area contributed by atoms with Gasteiger partial charge in [-0.3, -0.25) is 9.69 Å². The van der Waals surface area contributed by atoms with Gasteiger partial charge in [0.25, 0.3) is 0 Å². The van der Waals surface area contributed by atoms with Crippen LogP contribution in [0.3, 0.4) is 0 Å². The Morgan fingerprint density at radius 3 is 2.45 bits per heavy atom. The third-order valence-corrected chi connectivity index (χ3v) is 5.68. The first-order valence-corrected chi connectivity index (χ1v) is 11.0. The minimum Gasteiger partial charge on any atom is -0.507 e. The number of hydrazone groups is 1. The summed E-state index contributed by atoms with van der Waals surface area (Å²) in [5.41, 5.74) is 5.36. The topological polar surface area (TPSA) is 71.4 Å². The van der Waals surface area contributed by atoms with Crippen molar-refractivity contribution in [3.05, 3.63) is 54.1 Å². The first kappa shape index (κ1) is 22.6. The number of rotatable bonds is 9. The lowest BCUT2D eigenvalue weighted by Gasteiger charge is -2.36. The molecule has 0 spiro atoms. The molecule has 2 N–H and O–H groups in total. The molecule has 166 valence electrons. The van der Waals surface area contributed by atoms with E-state index in [0.717, 1.165) is 45.0 Å². The SMILES string of the molecule is CCN(CC)c1ccc(/C=N/NC(=O)CCN2CCN(c3ccccc3)CC2)c(O)c1. The van der Waals surface area contributed by atoms with Crippen LogP contribution in [0.2, 0.25) is 0 Å². The molecule has 0 unspecified atom stereocenters. The summed E-state index contributed by atoms with van der Waals surface area (Å²) < 4.78 is 0. The van der Waals surface area contributed by atoms with Crippen LogP contribution in [0.5, 0.6) is 5.75 Å². The van der Waals surface area contributed by atoms with Gasteiger partial charge in [-0.05, 0) is 38.1 Å².